The van der Waals surface area contributed by atoms with Gasteiger partial charge in [-0.25, -0.2) is 17.6 Å². The van der Waals surface area contributed by atoms with Crippen molar-refractivity contribution < 1.29 is 17.6 Å². The molecule has 0 spiro atoms. The first kappa shape index (κ1) is 65.1. The first-order valence-corrected chi connectivity index (χ1v) is 26.2. The number of rotatable bonds is 6. The molecule has 0 aliphatic carbocycles. The topological polar surface area (TPSA) is 224 Å². The van der Waals surface area contributed by atoms with E-state index in [1.165, 1.54) is 24.3 Å². The molecule has 7 rings (SSSR count). The van der Waals surface area contributed by atoms with E-state index in [-0.39, 0.29) is 16.7 Å². The van der Waals surface area contributed by atoms with Crippen molar-refractivity contribution in [2.45, 2.75) is 48.5 Å². The molecular weight excluding hydrogens is 1080 g/mol. The lowest BCUT2D eigenvalue weighted by atomic mass is 9.96. The van der Waals surface area contributed by atoms with Crippen LogP contribution in [0.3, 0.4) is 0 Å². The molecule has 0 aliphatic heterocycles. The van der Waals surface area contributed by atoms with Crippen molar-refractivity contribution in [2.24, 2.45) is 0 Å². The van der Waals surface area contributed by atoms with E-state index < -0.39 is 44.9 Å². The summed E-state index contributed by atoms with van der Waals surface area (Å²) in [4.78, 5) is 5.88. The van der Waals surface area contributed by atoms with Crippen LogP contribution in [-0.4, -0.2) is 42.3 Å². The zero-order chi connectivity index (χ0) is 64.0. The van der Waals surface area contributed by atoms with Crippen LogP contribution in [0.2, 0.25) is 0 Å². The van der Waals surface area contributed by atoms with E-state index in [0.717, 1.165) is 82.4 Å². The highest BCUT2D eigenvalue weighted by molar-refractivity contribution is 5.82. The molecule has 0 N–H and O–H groups in total. The van der Waals surface area contributed by atoms with E-state index in [1.807, 2.05) is 159 Å². The van der Waals surface area contributed by atoms with Gasteiger partial charge >= 0.3 is 0 Å². The normalized spacial score (nSPS) is 11.1. The van der Waals surface area contributed by atoms with Crippen molar-refractivity contribution in [3.8, 4) is 54.6 Å². The van der Waals surface area contributed by atoms with Crippen molar-refractivity contribution in [3.63, 3.8) is 0 Å². The zero-order valence-electron chi connectivity index (χ0n) is 49.7. The molecule has 16 heteroatoms. The highest BCUT2D eigenvalue weighted by atomic mass is 19.2. The number of aryl methyl sites for hydroxylation is 7. The Balaban J connectivity index is 0.000000237. The lowest BCUT2D eigenvalue weighted by Crippen LogP contribution is -2.31. The molecule has 0 saturated heterocycles. The quantitative estimate of drug-likeness (QED) is 0.112. The molecule has 0 aromatic heterocycles. The van der Waals surface area contributed by atoms with Crippen LogP contribution in [0.4, 0.5) is 34.6 Å². The van der Waals surface area contributed by atoms with Gasteiger partial charge in [0.15, 0.2) is 23.3 Å². The van der Waals surface area contributed by atoms with Crippen molar-refractivity contribution in [1.82, 2.24) is 0 Å². The van der Waals surface area contributed by atoms with Gasteiger partial charge in [0.1, 0.15) is 71.3 Å². The van der Waals surface area contributed by atoms with E-state index in [9.17, 15) is 33.3 Å². The van der Waals surface area contributed by atoms with Crippen LogP contribution < -0.4 is 46.0 Å². The number of hydrogen-bond donors (Lipinski definition) is 0. The average molecular weight is 1140 g/mol. The maximum Gasteiger partial charge on any atom is 0.171 e. The molecule has 0 heterocycles. The Morgan fingerprint density at radius 3 is 1.06 bits per heavy atom. The minimum atomic E-state index is -1.92. The Morgan fingerprint density at radius 2 is 0.686 bits per heavy atom. The predicted octanol–water partition coefficient (Wildman–Crippen LogP) is 9.02. The van der Waals surface area contributed by atoms with Gasteiger partial charge < -0.3 is 14.7 Å². The SMILES string of the molecule is Cc1cc(/C(C#N)=c2\cc(C)c(=C(C#N)C#N)cc2C)ccc1N(C)C.Cc1cc(/C(C#N)=c2\cc/c(=c3\ccc(=C(C#N)C#N)cc3C)cc2C)ccc1N(C)C.Cc1cc(C(C#N)=c2c(F)c(F)c(=C(C#N)C#N)c(F)c2F)ccc1N(C)C. The largest absolute Gasteiger partial charge is 0.377 e. The molecule has 0 unspecified atom stereocenters. The van der Waals surface area contributed by atoms with Gasteiger partial charge in [-0.2, -0.15) is 47.4 Å². The Kier molecular flexibility index (Phi) is 21.4. The van der Waals surface area contributed by atoms with Gasteiger partial charge in [0, 0.05) is 69.8 Å². The second kappa shape index (κ2) is 28.3. The Labute approximate surface area is 497 Å². The van der Waals surface area contributed by atoms with Crippen molar-refractivity contribution >= 4 is 50.5 Å². The number of hydrogen-bond acceptors (Lipinski definition) is 12. The average Bonchev–Trinajstić information content (AvgIpc) is 1.03. The first-order chi connectivity index (χ1) is 40.8. The molecule has 0 amide bonds. The highest BCUT2D eigenvalue weighted by Crippen LogP contribution is 2.25. The maximum absolute atomic E-state index is 14.6. The fourth-order valence-corrected chi connectivity index (χ4v) is 9.88. The third-order valence-electron chi connectivity index (χ3n) is 14.1. The van der Waals surface area contributed by atoms with Crippen molar-refractivity contribution in [3.05, 3.63) is 224 Å². The summed E-state index contributed by atoms with van der Waals surface area (Å²) in [6.45, 7) is 13.5. The van der Waals surface area contributed by atoms with Crippen molar-refractivity contribution in [2.75, 3.05) is 57.0 Å². The number of anilines is 3. The first-order valence-electron chi connectivity index (χ1n) is 26.2. The Bertz CT molecular complexity index is 4800. The van der Waals surface area contributed by atoms with Crippen LogP contribution in [0.5, 0.6) is 0 Å². The van der Waals surface area contributed by atoms with Gasteiger partial charge in [0.05, 0.1) is 27.2 Å². The molecular formula is C70H56F4N12. The molecule has 0 radical (unpaired) electrons. The lowest BCUT2D eigenvalue weighted by molar-refractivity contribution is 0.434. The van der Waals surface area contributed by atoms with E-state index in [2.05, 4.69) is 36.1 Å². The van der Waals surface area contributed by atoms with Crippen LogP contribution in [0.25, 0.3) is 33.4 Å². The number of halogens is 4. The summed E-state index contributed by atoms with van der Waals surface area (Å²) in [5.41, 5.74) is 11.1. The smallest absolute Gasteiger partial charge is 0.171 e. The van der Waals surface area contributed by atoms with Crippen molar-refractivity contribution in [1.29, 1.82) is 47.4 Å². The fourth-order valence-electron chi connectivity index (χ4n) is 9.88. The standard InChI is InChI=1S/C28H24N4.C22H20N4.C20H12F4N4/c1-18-12-21(24(15-29)16-30)6-9-25(18)22-7-10-26(19(2)13-22)27(17-31)23-8-11-28(32(4)5)20(3)14-23;1-14-10-20(15(2)9-19(14)18(11-23)12-24)21(13-25)17-6-7-22(26(4)5)16(3)8-17;1-10-6-11(4-5-14(10)28(2)3)13(9-27)16-19(23)17(21)15(12(7-25)8-26)18(22)20(16)24/h6-14H,1-5H3;6-10H,1-5H3;4-6H,1-3H3/b25-22-,27-26+;21-20+;. The summed E-state index contributed by atoms with van der Waals surface area (Å²) < 4.78 is 57.9. The van der Waals surface area contributed by atoms with Crippen LogP contribution in [0.15, 0.2) is 103 Å². The van der Waals surface area contributed by atoms with Gasteiger partial charge in [-0.15, -0.1) is 0 Å². The monoisotopic (exact) mass is 1140 g/mol. The van der Waals surface area contributed by atoms with E-state index in [4.69, 9.17) is 31.6 Å². The Hall–Kier alpha value is -11.7. The van der Waals surface area contributed by atoms with Crippen LogP contribution >= 0.6 is 0 Å². The van der Waals surface area contributed by atoms with E-state index in [1.54, 1.807) is 44.1 Å². The molecule has 0 atom stereocenters. The van der Waals surface area contributed by atoms with E-state index >= 15 is 0 Å². The van der Waals surface area contributed by atoms with Crippen LogP contribution in [-0.2, 0) is 0 Å². The Morgan fingerprint density at radius 1 is 0.314 bits per heavy atom. The summed E-state index contributed by atoms with van der Waals surface area (Å²) in [5.74, 6) is -7.55. The second-order valence-electron chi connectivity index (χ2n) is 20.5. The fraction of sp³-hybridized carbons (Fsp3) is 0.186. The molecule has 7 aromatic carbocycles. The number of nitrogens with zero attached hydrogens (tertiary/aromatic N) is 12. The van der Waals surface area contributed by atoms with Gasteiger partial charge in [0.25, 0.3) is 0 Å². The molecule has 424 valence electrons. The molecule has 0 aliphatic rings. The molecule has 7 aromatic rings. The minimum absolute atomic E-state index is 0.0553. The van der Waals surface area contributed by atoms with Gasteiger partial charge in [0.2, 0.25) is 0 Å². The molecule has 12 nitrogen and oxygen atoms in total. The predicted molar refractivity (Wildman–Crippen MR) is 325 cm³/mol. The number of nitriles is 9. The molecule has 0 fully saturated rings. The van der Waals surface area contributed by atoms with Gasteiger partial charge in [-0.05, 0) is 180 Å². The van der Waals surface area contributed by atoms with E-state index in [0.29, 0.717) is 27.1 Å². The van der Waals surface area contributed by atoms with Gasteiger partial charge in [-0.3, -0.25) is 0 Å². The van der Waals surface area contributed by atoms with Crippen LogP contribution in [0, 0.1) is 184 Å². The zero-order valence-corrected chi connectivity index (χ0v) is 49.7. The summed E-state index contributed by atoms with van der Waals surface area (Å²) in [6, 6.07) is 48.3. The summed E-state index contributed by atoms with van der Waals surface area (Å²) in [6.07, 6.45) is 0. The molecule has 0 saturated carbocycles. The summed E-state index contributed by atoms with van der Waals surface area (Å²) in [7, 11) is 11.5. The highest BCUT2D eigenvalue weighted by Gasteiger charge is 2.24. The van der Waals surface area contributed by atoms with Gasteiger partial charge in [-0.1, -0.05) is 48.5 Å². The third-order valence-corrected chi connectivity index (χ3v) is 14.1. The lowest BCUT2D eigenvalue weighted by Gasteiger charge is -2.16. The molecule has 86 heavy (non-hydrogen) atoms. The summed E-state index contributed by atoms with van der Waals surface area (Å²) >= 11 is 0. The number of benzene rings is 7. The van der Waals surface area contributed by atoms with Crippen LogP contribution in [0.1, 0.15) is 55.6 Å². The second-order valence-corrected chi connectivity index (χ2v) is 20.5. The minimum Gasteiger partial charge on any atom is -0.377 e. The summed E-state index contributed by atoms with van der Waals surface area (Å²) in [5, 5.41) is 85.6. The third kappa shape index (κ3) is 13.8. The molecule has 0 bridgehead atoms. The maximum atomic E-state index is 14.6.